The minimum atomic E-state index is -3.92. The van der Waals surface area contributed by atoms with Gasteiger partial charge in [-0.15, -0.1) is 10.2 Å². The first-order valence-electron chi connectivity index (χ1n) is 9.96. The summed E-state index contributed by atoms with van der Waals surface area (Å²) in [4.78, 5) is 11.7. The molecule has 0 aliphatic heterocycles. The molecule has 0 fully saturated rings. The number of carbonyl (C=O) groups is 1. The summed E-state index contributed by atoms with van der Waals surface area (Å²) in [6, 6.07) is 8.64. The zero-order valence-corrected chi connectivity index (χ0v) is 17.7. The molecule has 0 spiro atoms. The molecule has 2 aromatic carbocycles. The first kappa shape index (κ1) is 21.5. The Labute approximate surface area is 188 Å². The van der Waals surface area contributed by atoms with E-state index >= 15 is 13.2 Å². The highest BCUT2D eigenvalue weighted by Crippen LogP contribution is 2.38. The molecular weight excluding hydrogens is 454 g/mol. The first-order valence-corrected chi connectivity index (χ1v) is 9.96. The number of aryl methyl sites for hydroxylation is 1. The summed E-state index contributed by atoms with van der Waals surface area (Å²) in [6.45, 7) is 0. The highest BCUT2D eigenvalue weighted by molar-refractivity contribution is 5.94. The molecule has 0 unspecified atom stereocenters. The quantitative estimate of drug-likeness (QED) is 0.407. The van der Waals surface area contributed by atoms with E-state index in [2.05, 4.69) is 25.7 Å². The molecule has 34 heavy (non-hydrogen) atoms. The number of halogens is 4. The Hall–Kier alpha value is -4.35. The average Bonchev–Trinajstić information content (AvgIpc) is 3.41. The van der Waals surface area contributed by atoms with Crippen LogP contribution in [-0.4, -0.2) is 42.5 Å². The SMILES string of the molecule is CNC(=O)c1ccc(-c2ccc3nnc(C(F)(F)c4ccc5nn(C)cc5c4F)n3n2)c(F)c1. The summed E-state index contributed by atoms with van der Waals surface area (Å²) in [6.07, 6.45) is 1.30. The number of hydrogen-bond donors (Lipinski definition) is 1. The average molecular weight is 469 g/mol. The normalized spacial score (nSPS) is 11.9. The Morgan fingerprint density at radius 3 is 2.56 bits per heavy atom. The lowest BCUT2D eigenvalue weighted by molar-refractivity contribution is 0.0271. The summed E-state index contributed by atoms with van der Waals surface area (Å²) in [5.41, 5.74) is -0.683. The van der Waals surface area contributed by atoms with Crippen molar-refractivity contribution in [3.8, 4) is 11.3 Å². The molecule has 3 aromatic heterocycles. The van der Waals surface area contributed by atoms with Crippen molar-refractivity contribution in [1.82, 2.24) is 34.9 Å². The van der Waals surface area contributed by atoms with Crippen molar-refractivity contribution in [2.24, 2.45) is 7.05 Å². The lowest BCUT2D eigenvalue weighted by Crippen LogP contribution is -2.22. The second kappa shape index (κ2) is 7.61. The van der Waals surface area contributed by atoms with Crippen LogP contribution in [0.25, 0.3) is 27.8 Å². The second-order valence-corrected chi connectivity index (χ2v) is 7.52. The van der Waals surface area contributed by atoms with Crippen LogP contribution < -0.4 is 5.32 Å². The van der Waals surface area contributed by atoms with Crippen LogP contribution >= 0.6 is 0 Å². The van der Waals surface area contributed by atoms with Gasteiger partial charge in [-0.25, -0.2) is 8.78 Å². The molecule has 0 aliphatic rings. The van der Waals surface area contributed by atoms with Gasteiger partial charge >= 0.3 is 5.92 Å². The number of nitrogens with one attached hydrogen (secondary N) is 1. The van der Waals surface area contributed by atoms with Crippen LogP contribution in [0.2, 0.25) is 0 Å². The summed E-state index contributed by atoms with van der Waals surface area (Å²) in [5.74, 6) is -7.25. The summed E-state index contributed by atoms with van der Waals surface area (Å²) >= 11 is 0. The van der Waals surface area contributed by atoms with Crippen molar-refractivity contribution in [1.29, 1.82) is 0 Å². The number of rotatable bonds is 4. The maximum Gasteiger partial charge on any atom is 0.336 e. The van der Waals surface area contributed by atoms with E-state index in [1.165, 1.54) is 48.3 Å². The summed E-state index contributed by atoms with van der Waals surface area (Å²) in [5, 5.41) is 17.6. The van der Waals surface area contributed by atoms with E-state index < -0.39 is 34.9 Å². The van der Waals surface area contributed by atoms with Gasteiger partial charge in [0.25, 0.3) is 5.91 Å². The Morgan fingerprint density at radius 2 is 1.82 bits per heavy atom. The molecule has 0 atom stereocenters. The molecule has 0 aliphatic carbocycles. The molecule has 5 aromatic rings. The molecule has 172 valence electrons. The topological polar surface area (TPSA) is 90.0 Å². The van der Waals surface area contributed by atoms with Gasteiger partial charge in [0.05, 0.1) is 22.2 Å². The van der Waals surface area contributed by atoms with E-state index in [0.29, 0.717) is 0 Å². The Balaban J connectivity index is 1.63. The van der Waals surface area contributed by atoms with Crippen LogP contribution in [0.5, 0.6) is 0 Å². The first-order chi connectivity index (χ1) is 16.2. The molecule has 0 saturated carbocycles. The van der Waals surface area contributed by atoms with Crippen LogP contribution in [0, 0.1) is 11.6 Å². The smallest absolute Gasteiger partial charge is 0.336 e. The maximum absolute atomic E-state index is 15.5. The summed E-state index contributed by atoms with van der Waals surface area (Å²) in [7, 11) is 2.96. The van der Waals surface area contributed by atoms with Gasteiger partial charge in [-0.1, -0.05) is 0 Å². The number of aromatic nitrogens is 6. The number of fused-ring (bicyclic) bond motifs is 2. The Bertz CT molecular complexity index is 1590. The van der Waals surface area contributed by atoms with Crippen LogP contribution in [0.4, 0.5) is 17.6 Å². The van der Waals surface area contributed by atoms with Gasteiger partial charge in [0, 0.05) is 31.4 Å². The third-order valence-corrected chi connectivity index (χ3v) is 5.35. The molecule has 5 rings (SSSR count). The van der Waals surface area contributed by atoms with Crippen molar-refractivity contribution >= 4 is 22.5 Å². The van der Waals surface area contributed by atoms with Crippen LogP contribution in [0.3, 0.4) is 0 Å². The molecule has 0 bridgehead atoms. The van der Waals surface area contributed by atoms with Gasteiger partial charge in [-0.3, -0.25) is 9.48 Å². The highest BCUT2D eigenvalue weighted by atomic mass is 19.3. The fourth-order valence-electron chi connectivity index (χ4n) is 3.68. The predicted molar refractivity (Wildman–Crippen MR) is 113 cm³/mol. The van der Waals surface area contributed by atoms with Gasteiger partial charge in [0.1, 0.15) is 11.6 Å². The molecule has 1 amide bonds. The van der Waals surface area contributed by atoms with Gasteiger partial charge in [0.15, 0.2) is 5.65 Å². The van der Waals surface area contributed by atoms with E-state index in [0.717, 1.165) is 16.6 Å². The van der Waals surface area contributed by atoms with E-state index in [-0.39, 0.29) is 33.4 Å². The zero-order chi connectivity index (χ0) is 24.2. The van der Waals surface area contributed by atoms with Crippen molar-refractivity contribution in [2.45, 2.75) is 5.92 Å². The van der Waals surface area contributed by atoms with E-state index in [1.54, 1.807) is 7.05 Å². The maximum atomic E-state index is 15.5. The monoisotopic (exact) mass is 469 g/mol. The van der Waals surface area contributed by atoms with Crippen LogP contribution in [0.1, 0.15) is 21.7 Å². The number of amides is 1. The molecule has 0 radical (unpaired) electrons. The fourth-order valence-corrected chi connectivity index (χ4v) is 3.68. The van der Waals surface area contributed by atoms with Crippen molar-refractivity contribution < 1.29 is 22.4 Å². The van der Waals surface area contributed by atoms with Gasteiger partial charge in [0.2, 0.25) is 5.82 Å². The van der Waals surface area contributed by atoms with Gasteiger partial charge in [-0.05, 0) is 42.5 Å². The fraction of sp³-hybridized carbons (Fsp3) is 0.136. The number of hydrogen-bond acceptors (Lipinski definition) is 5. The Kier molecular flexibility index (Phi) is 4.81. The van der Waals surface area contributed by atoms with Crippen molar-refractivity contribution in [3.63, 3.8) is 0 Å². The molecule has 12 heteroatoms. The van der Waals surface area contributed by atoms with Crippen molar-refractivity contribution in [2.75, 3.05) is 7.05 Å². The molecular formula is C22H15F4N7O. The second-order valence-electron chi connectivity index (χ2n) is 7.52. The summed E-state index contributed by atoms with van der Waals surface area (Å²) < 4.78 is 62.7. The molecule has 8 nitrogen and oxygen atoms in total. The molecule has 0 saturated heterocycles. The largest absolute Gasteiger partial charge is 0.355 e. The predicted octanol–water partition coefficient (Wildman–Crippen LogP) is 3.46. The number of carbonyl (C=O) groups excluding carboxylic acids is 1. The zero-order valence-electron chi connectivity index (χ0n) is 17.7. The van der Waals surface area contributed by atoms with Gasteiger partial charge < -0.3 is 5.32 Å². The standard InChI is InChI=1S/C22H15F4N7O/c1-27-20(34)11-3-4-12(15(23)9-11)16-7-8-18-28-29-21(33(18)31-16)22(25,26)14-5-6-17-13(19(14)24)10-32(2)30-17/h3-10H,1-2H3,(H,27,34). The van der Waals surface area contributed by atoms with E-state index in [9.17, 15) is 9.18 Å². The number of benzene rings is 2. The highest BCUT2D eigenvalue weighted by Gasteiger charge is 2.43. The third kappa shape index (κ3) is 3.26. The lowest BCUT2D eigenvalue weighted by Gasteiger charge is -2.16. The number of alkyl halides is 2. The van der Waals surface area contributed by atoms with E-state index in [1.807, 2.05) is 0 Å². The van der Waals surface area contributed by atoms with Crippen molar-refractivity contribution in [3.05, 3.63) is 77.2 Å². The third-order valence-electron chi connectivity index (χ3n) is 5.35. The minimum Gasteiger partial charge on any atom is -0.355 e. The van der Waals surface area contributed by atoms with Crippen LogP contribution in [-0.2, 0) is 13.0 Å². The lowest BCUT2D eigenvalue weighted by atomic mass is 10.0. The Morgan fingerprint density at radius 1 is 1.03 bits per heavy atom. The molecule has 1 N–H and O–H groups in total. The number of nitrogens with zero attached hydrogens (tertiary/aromatic N) is 6. The van der Waals surface area contributed by atoms with E-state index in [4.69, 9.17) is 0 Å². The van der Waals surface area contributed by atoms with Gasteiger partial charge in [-0.2, -0.15) is 23.5 Å². The van der Waals surface area contributed by atoms with Crippen LogP contribution in [0.15, 0.2) is 48.7 Å². The minimum absolute atomic E-state index is 0.00603. The molecule has 3 heterocycles.